The van der Waals surface area contributed by atoms with Crippen molar-refractivity contribution in [3.05, 3.63) is 35.3 Å². The zero-order valence-electron chi connectivity index (χ0n) is 11.6. The molecule has 0 saturated carbocycles. The molecule has 1 aliphatic rings. The predicted molar refractivity (Wildman–Crippen MR) is 65.4 cm³/mol. The summed E-state index contributed by atoms with van der Waals surface area (Å²) >= 11 is 0. The molecule has 2 atom stereocenters. The first-order chi connectivity index (χ1) is 8.19. The van der Waals surface area contributed by atoms with Crippen molar-refractivity contribution in [1.82, 2.24) is 5.06 Å². The topological polar surface area (TPSA) is 54.5 Å². The highest BCUT2D eigenvalue weighted by atomic mass is 16.6. The van der Waals surface area contributed by atoms with Crippen LogP contribution in [0.1, 0.15) is 39.4 Å². The number of rotatable bonds is 1. The van der Waals surface area contributed by atoms with E-state index in [0.717, 1.165) is 10.6 Å². The second-order valence-electron chi connectivity index (χ2n) is 6.07. The molecule has 0 aromatic carbocycles. The Bertz CT molecular complexity index is 422. The van der Waals surface area contributed by atoms with Crippen molar-refractivity contribution in [2.75, 3.05) is 0 Å². The molecule has 1 aromatic rings. The van der Waals surface area contributed by atoms with E-state index in [2.05, 4.69) is 0 Å². The number of hydrogen-bond acceptors (Lipinski definition) is 2. The van der Waals surface area contributed by atoms with Crippen molar-refractivity contribution in [1.29, 1.82) is 0 Å². The van der Waals surface area contributed by atoms with E-state index in [9.17, 15) is 10.4 Å². The highest BCUT2D eigenvalue weighted by molar-refractivity contribution is 5.14. The molecular formula is C13H21N3O2+. The first-order valence-corrected chi connectivity index (χ1v) is 6.15. The Kier molecular flexibility index (Phi) is 2.98. The lowest BCUT2D eigenvalue weighted by atomic mass is 9.84. The normalized spacial score (nSPS) is 30.6. The van der Waals surface area contributed by atoms with Crippen LogP contribution < -0.4 is 9.63 Å². The van der Waals surface area contributed by atoms with Gasteiger partial charge in [-0.25, -0.2) is 4.57 Å². The van der Waals surface area contributed by atoms with Crippen LogP contribution in [0.5, 0.6) is 0 Å². The first-order valence-electron chi connectivity index (χ1n) is 6.15. The van der Waals surface area contributed by atoms with E-state index in [4.69, 9.17) is 0 Å². The Labute approximate surface area is 108 Å². The van der Waals surface area contributed by atoms with E-state index in [1.165, 1.54) is 0 Å². The van der Waals surface area contributed by atoms with E-state index in [1.807, 2.05) is 63.8 Å². The van der Waals surface area contributed by atoms with Crippen molar-refractivity contribution in [2.45, 2.75) is 44.9 Å². The lowest BCUT2D eigenvalue weighted by Gasteiger charge is -2.38. The van der Waals surface area contributed by atoms with Gasteiger partial charge in [0.1, 0.15) is 18.1 Å². The largest absolute Gasteiger partial charge is 0.632 e. The minimum Gasteiger partial charge on any atom is -0.632 e. The number of nitrogens with one attached hydrogen (secondary N) is 1. The zero-order chi connectivity index (χ0) is 13.7. The lowest BCUT2D eigenvalue weighted by molar-refractivity contribution is -0.926. The van der Waals surface area contributed by atoms with E-state index < -0.39 is 17.2 Å². The van der Waals surface area contributed by atoms with Crippen LogP contribution in [0, 0.1) is 5.21 Å². The molecule has 18 heavy (non-hydrogen) atoms. The van der Waals surface area contributed by atoms with E-state index in [1.54, 1.807) is 0 Å². The summed E-state index contributed by atoms with van der Waals surface area (Å²) in [6, 6.07) is 3.68. The third-order valence-electron chi connectivity index (χ3n) is 4.50. The second kappa shape index (κ2) is 3.99. The van der Waals surface area contributed by atoms with Crippen LogP contribution in [0.25, 0.3) is 0 Å². The third kappa shape index (κ3) is 1.66. The fraction of sp³-hybridized carbons (Fsp3) is 0.615. The maximum atomic E-state index is 12.5. The molecule has 1 saturated heterocycles. The summed E-state index contributed by atoms with van der Waals surface area (Å²) in [6.07, 6.45) is 3.03. The summed E-state index contributed by atoms with van der Waals surface area (Å²) in [4.78, 5) is 0. The molecule has 2 rings (SSSR count). The molecule has 2 unspecified atom stereocenters. The monoisotopic (exact) mass is 251 g/mol. The summed E-state index contributed by atoms with van der Waals surface area (Å²) in [7, 11) is 1.91. The standard InChI is InChI=1S/C13H21N3O2/c1-12(2)13(3,4)16(18)11(15(12)17)10-6-8-14(5)9-7-10/h6-9,11,15H,1-5H3/q+1. The van der Waals surface area contributed by atoms with Crippen LogP contribution in [0.3, 0.4) is 0 Å². The summed E-state index contributed by atoms with van der Waals surface area (Å²) in [5.74, 6) is 0. The summed E-state index contributed by atoms with van der Waals surface area (Å²) in [6.45, 7) is 7.37. The van der Waals surface area contributed by atoms with Crippen LogP contribution in [-0.4, -0.2) is 16.1 Å². The molecule has 1 radical (unpaired) electrons. The molecule has 0 amide bonds. The number of pyridine rings is 1. The number of nitrogens with zero attached hydrogens (tertiary/aromatic N) is 2. The molecule has 0 bridgehead atoms. The number of hydroxylamine groups is 4. The van der Waals surface area contributed by atoms with Gasteiger partial charge >= 0.3 is 0 Å². The molecule has 5 heteroatoms. The Morgan fingerprint density at radius 3 is 2.17 bits per heavy atom. The van der Waals surface area contributed by atoms with Crippen molar-refractivity contribution in [2.24, 2.45) is 7.05 Å². The Hall–Kier alpha value is -1.01. The fourth-order valence-electron chi connectivity index (χ4n) is 2.33. The van der Waals surface area contributed by atoms with Gasteiger partial charge in [-0.3, -0.25) is 0 Å². The Morgan fingerprint density at radius 2 is 1.78 bits per heavy atom. The summed E-state index contributed by atoms with van der Waals surface area (Å²) in [5, 5.41) is 25.9. The summed E-state index contributed by atoms with van der Waals surface area (Å²) in [5.41, 5.74) is -0.559. The van der Waals surface area contributed by atoms with Crippen LogP contribution in [0.2, 0.25) is 0 Å². The Morgan fingerprint density at radius 1 is 1.28 bits per heavy atom. The highest BCUT2D eigenvalue weighted by Crippen LogP contribution is 2.36. The van der Waals surface area contributed by atoms with Gasteiger partial charge in [-0.1, -0.05) is 5.06 Å². The van der Waals surface area contributed by atoms with Crippen LogP contribution in [-0.2, 0) is 12.3 Å². The van der Waals surface area contributed by atoms with Crippen LogP contribution in [0.15, 0.2) is 24.5 Å². The first kappa shape index (κ1) is 13.4. The number of hydrogen-bond donors (Lipinski definition) is 1. The highest BCUT2D eigenvalue weighted by Gasteiger charge is 2.60. The van der Waals surface area contributed by atoms with Crippen molar-refractivity contribution in [3.63, 3.8) is 0 Å². The maximum absolute atomic E-state index is 12.5. The van der Waals surface area contributed by atoms with Crippen molar-refractivity contribution < 1.29 is 14.8 Å². The smallest absolute Gasteiger partial charge is 0.196 e. The van der Waals surface area contributed by atoms with Gasteiger partial charge < -0.3 is 10.3 Å². The number of aryl methyl sites for hydroxylation is 1. The molecule has 1 N–H and O–H groups in total. The molecule has 1 aliphatic heterocycles. The van der Waals surface area contributed by atoms with Gasteiger partial charge in [-0.15, -0.1) is 5.21 Å². The van der Waals surface area contributed by atoms with Gasteiger partial charge in [0, 0.05) is 17.7 Å². The van der Waals surface area contributed by atoms with E-state index in [0.29, 0.717) is 0 Å². The fourth-order valence-corrected chi connectivity index (χ4v) is 2.33. The molecule has 0 spiro atoms. The lowest BCUT2D eigenvalue weighted by Crippen LogP contribution is -3.14. The van der Waals surface area contributed by atoms with Gasteiger partial charge in [-0.2, -0.15) is 0 Å². The van der Waals surface area contributed by atoms with E-state index in [-0.39, 0.29) is 5.06 Å². The van der Waals surface area contributed by atoms with Gasteiger partial charge in [0.15, 0.2) is 18.6 Å². The second-order valence-corrected chi connectivity index (χ2v) is 6.07. The average Bonchev–Trinajstić information content (AvgIpc) is 2.41. The minimum absolute atomic E-state index is 0.00338. The van der Waals surface area contributed by atoms with Gasteiger partial charge in [0.25, 0.3) is 0 Å². The molecule has 1 fully saturated rings. The summed E-state index contributed by atoms with van der Waals surface area (Å²) < 4.78 is 1.88. The molecule has 99 valence electrons. The van der Waals surface area contributed by atoms with Gasteiger partial charge in [0.05, 0.1) is 0 Å². The molecular weight excluding hydrogens is 230 g/mol. The zero-order valence-corrected chi connectivity index (χ0v) is 11.6. The quantitative estimate of drug-likeness (QED) is 0.569. The maximum Gasteiger partial charge on any atom is 0.196 e. The number of quaternary nitrogens is 1. The molecule has 1 aromatic heterocycles. The van der Waals surface area contributed by atoms with Crippen LogP contribution >= 0.6 is 0 Å². The minimum atomic E-state index is -0.688. The average molecular weight is 251 g/mol. The van der Waals surface area contributed by atoms with Crippen molar-refractivity contribution >= 4 is 0 Å². The number of aromatic nitrogens is 1. The van der Waals surface area contributed by atoms with Gasteiger partial charge in [0.2, 0.25) is 0 Å². The Balaban J connectivity index is 2.44. The molecule has 2 heterocycles. The van der Waals surface area contributed by atoms with E-state index >= 15 is 0 Å². The van der Waals surface area contributed by atoms with Gasteiger partial charge in [-0.05, 0) is 27.7 Å². The third-order valence-corrected chi connectivity index (χ3v) is 4.50. The molecule has 0 aliphatic carbocycles. The SMILES string of the molecule is C[n+]1ccc(C2N([O])C(C)(C)C(C)(C)[NH+]2[O-])cc1. The molecule has 5 nitrogen and oxygen atoms in total. The van der Waals surface area contributed by atoms with Crippen LogP contribution in [0.4, 0.5) is 0 Å². The predicted octanol–water partition coefficient (Wildman–Crippen LogP) is 0.111. The van der Waals surface area contributed by atoms with Crippen molar-refractivity contribution in [3.8, 4) is 0 Å².